The second-order valence-electron chi connectivity index (χ2n) is 12.1. The first-order chi connectivity index (χ1) is 21.1. The standard InChI is InChI=1S/C34H48ClN5O3S/c1-6-7-8-9-12-26-15-18-40(19-16-26)20-17-27-22-31(43-5)30(21-25(27)4)38-34-36-23-28(35)33(39-34)37-29-13-10-11-14-32(29)44(41,42)24(2)3/h10-11,13-14,21-24,26H,6-9,12,15-20H2,1-5H3,(H2,36,37,38,39). The normalized spacial score (nSPS) is 14.6. The Bertz CT molecular complexity index is 1490. The molecule has 1 aliphatic heterocycles. The lowest BCUT2D eigenvalue weighted by Crippen LogP contribution is -2.35. The van der Waals surface area contributed by atoms with Gasteiger partial charge in [0.15, 0.2) is 15.7 Å². The summed E-state index contributed by atoms with van der Waals surface area (Å²) in [5.41, 5.74) is 3.58. The zero-order valence-corrected chi connectivity index (χ0v) is 28.4. The molecule has 0 atom stereocenters. The van der Waals surface area contributed by atoms with Gasteiger partial charge in [0.25, 0.3) is 0 Å². The van der Waals surface area contributed by atoms with E-state index in [1.165, 1.54) is 75.4 Å². The van der Waals surface area contributed by atoms with Gasteiger partial charge in [-0.15, -0.1) is 0 Å². The molecule has 0 bridgehead atoms. The topological polar surface area (TPSA) is 96.5 Å². The Morgan fingerprint density at radius 3 is 2.52 bits per heavy atom. The van der Waals surface area contributed by atoms with Crippen molar-refractivity contribution >= 4 is 44.6 Å². The van der Waals surface area contributed by atoms with Gasteiger partial charge < -0.3 is 20.3 Å². The third-order valence-corrected chi connectivity index (χ3v) is 11.1. The Kier molecular flexibility index (Phi) is 12.3. The van der Waals surface area contributed by atoms with Gasteiger partial charge in [-0.2, -0.15) is 4.98 Å². The molecule has 2 N–H and O–H groups in total. The molecule has 1 saturated heterocycles. The number of piperidine rings is 1. The third-order valence-electron chi connectivity index (χ3n) is 8.59. The van der Waals surface area contributed by atoms with Crippen LogP contribution in [0.3, 0.4) is 0 Å². The van der Waals surface area contributed by atoms with Gasteiger partial charge in [-0.3, -0.25) is 0 Å². The van der Waals surface area contributed by atoms with Crippen LogP contribution in [0.4, 0.5) is 23.1 Å². The maximum absolute atomic E-state index is 12.9. The maximum atomic E-state index is 12.9. The zero-order valence-electron chi connectivity index (χ0n) is 26.8. The molecule has 3 aromatic rings. The van der Waals surface area contributed by atoms with Crippen molar-refractivity contribution in [3.05, 3.63) is 58.7 Å². The van der Waals surface area contributed by atoms with Crippen LogP contribution in [0.25, 0.3) is 0 Å². The fourth-order valence-corrected chi connectivity index (χ4v) is 7.08. The van der Waals surface area contributed by atoms with Crippen LogP contribution in [0.2, 0.25) is 5.02 Å². The molecule has 0 spiro atoms. The predicted octanol–water partition coefficient (Wildman–Crippen LogP) is 8.34. The number of halogens is 1. The van der Waals surface area contributed by atoms with E-state index in [-0.39, 0.29) is 9.92 Å². The van der Waals surface area contributed by atoms with Crippen molar-refractivity contribution in [3.8, 4) is 5.75 Å². The van der Waals surface area contributed by atoms with Gasteiger partial charge in [-0.05, 0) is 94.4 Å². The van der Waals surface area contributed by atoms with E-state index in [9.17, 15) is 8.42 Å². The third kappa shape index (κ3) is 8.86. The fraction of sp³-hybridized carbons (Fsp3) is 0.529. The maximum Gasteiger partial charge on any atom is 0.229 e. The van der Waals surface area contributed by atoms with Crippen molar-refractivity contribution in [2.24, 2.45) is 5.92 Å². The number of hydrogen-bond donors (Lipinski definition) is 2. The van der Waals surface area contributed by atoms with Crippen molar-refractivity contribution in [3.63, 3.8) is 0 Å². The van der Waals surface area contributed by atoms with Crippen molar-refractivity contribution in [1.82, 2.24) is 14.9 Å². The summed E-state index contributed by atoms with van der Waals surface area (Å²) in [5.74, 6) is 2.21. The molecule has 10 heteroatoms. The number of hydrogen-bond acceptors (Lipinski definition) is 8. The first kappa shape index (κ1) is 34.0. The Morgan fingerprint density at radius 1 is 1.07 bits per heavy atom. The molecule has 0 amide bonds. The van der Waals surface area contributed by atoms with E-state index < -0.39 is 15.1 Å². The lowest BCUT2D eigenvalue weighted by atomic mass is 9.91. The summed E-state index contributed by atoms with van der Waals surface area (Å²) in [6.07, 6.45) is 11.9. The average molecular weight is 642 g/mol. The molecular weight excluding hydrogens is 594 g/mol. The summed E-state index contributed by atoms with van der Waals surface area (Å²) >= 11 is 6.43. The second-order valence-corrected chi connectivity index (χ2v) is 15.0. The van der Waals surface area contributed by atoms with Crippen LogP contribution in [-0.2, 0) is 16.3 Å². The molecule has 2 heterocycles. The van der Waals surface area contributed by atoms with E-state index in [0.717, 1.165) is 24.6 Å². The van der Waals surface area contributed by atoms with Crippen molar-refractivity contribution in [1.29, 1.82) is 0 Å². The molecule has 0 saturated carbocycles. The number of sulfone groups is 1. The monoisotopic (exact) mass is 641 g/mol. The summed E-state index contributed by atoms with van der Waals surface area (Å²) < 4.78 is 31.6. The lowest BCUT2D eigenvalue weighted by Gasteiger charge is -2.32. The van der Waals surface area contributed by atoms with Crippen LogP contribution in [-0.4, -0.2) is 55.3 Å². The number of likely N-dealkylation sites (tertiary alicyclic amines) is 1. The van der Waals surface area contributed by atoms with Gasteiger partial charge in [0.2, 0.25) is 5.95 Å². The Hall–Kier alpha value is -2.88. The van der Waals surface area contributed by atoms with Crippen molar-refractivity contribution < 1.29 is 13.2 Å². The summed E-state index contributed by atoms with van der Waals surface area (Å²) in [4.78, 5) is 11.7. The largest absolute Gasteiger partial charge is 0.495 e. The van der Waals surface area contributed by atoms with Crippen LogP contribution < -0.4 is 15.4 Å². The smallest absolute Gasteiger partial charge is 0.229 e. The summed E-state index contributed by atoms with van der Waals surface area (Å²) in [6, 6.07) is 10.9. The Labute approximate surface area is 268 Å². The highest BCUT2D eigenvalue weighted by Gasteiger charge is 2.23. The van der Waals surface area contributed by atoms with Crippen LogP contribution in [0, 0.1) is 12.8 Å². The molecule has 2 aromatic carbocycles. The lowest BCUT2D eigenvalue weighted by molar-refractivity contribution is 0.178. The summed E-state index contributed by atoms with van der Waals surface area (Å²) in [6.45, 7) is 11.1. The van der Waals surface area contributed by atoms with Crippen LogP contribution in [0.5, 0.6) is 5.75 Å². The van der Waals surface area contributed by atoms with Gasteiger partial charge in [-0.1, -0.05) is 62.8 Å². The number of unbranched alkanes of at least 4 members (excludes halogenated alkanes) is 3. The van der Waals surface area contributed by atoms with Crippen molar-refractivity contribution in [2.75, 3.05) is 37.4 Å². The van der Waals surface area contributed by atoms with Gasteiger partial charge in [0, 0.05) is 6.54 Å². The minimum atomic E-state index is -3.52. The summed E-state index contributed by atoms with van der Waals surface area (Å²) in [7, 11) is -1.86. The highest BCUT2D eigenvalue weighted by Crippen LogP contribution is 2.33. The van der Waals surface area contributed by atoms with E-state index in [0.29, 0.717) is 23.2 Å². The number of benzene rings is 2. The number of para-hydroxylation sites is 1. The Balaban J connectivity index is 1.41. The molecule has 4 rings (SSSR count). The number of rotatable bonds is 15. The number of aromatic nitrogens is 2. The average Bonchev–Trinajstić information content (AvgIpc) is 3.01. The summed E-state index contributed by atoms with van der Waals surface area (Å²) in [5, 5.41) is 6.07. The molecule has 44 heavy (non-hydrogen) atoms. The minimum absolute atomic E-state index is 0.193. The van der Waals surface area contributed by atoms with E-state index in [4.69, 9.17) is 16.3 Å². The number of ether oxygens (including phenoxy) is 1. The number of nitrogens with one attached hydrogen (secondary N) is 2. The number of aryl methyl sites for hydroxylation is 1. The molecule has 0 radical (unpaired) electrons. The highest BCUT2D eigenvalue weighted by molar-refractivity contribution is 7.92. The van der Waals surface area contributed by atoms with E-state index in [1.807, 2.05) is 0 Å². The molecule has 0 unspecified atom stereocenters. The first-order valence-corrected chi connectivity index (χ1v) is 17.8. The quantitative estimate of drug-likeness (QED) is 0.160. The number of methoxy groups -OCH3 is 1. The molecule has 1 aromatic heterocycles. The molecule has 240 valence electrons. The Morgan fingerprint density at radius 2 is 1.82 bits per heavy atom. The van der Waals surface area contributed by atoms with Gasteiger partial charge in [-0.25, -0.2) is 13.4 Å². The van der Waals surface area contributed by atoms with Gasteiger partial charge in [0.05, 0.1) is 34.8 Å². The van der Waals surface area contributed by atoms with E-state index >= 15 is 0 Å². The molecular formula is C34H48ClN5O3S. The second kappa shape index (κ2) is 15.9. The zero-order chi connectivity index (χ0) is 31.7. The molecule has 1 fully saturated rings. The van der Waals surface area contributed by atoms with Gasteiger partial charge in [0.1, 0.15) is 10.8 Å². The fourth-order valence-electron chi connectivity index (χ4n) is 5.74. The van der Waals surface area contributed by atoms with Gasteiger partial charge >= 0.3 is 0 Å². The highest BCUT2D eigenvalue weighted by atomic mass is 35.5. The molecule has 8 nitrogen and oxygen atoms in total. The van der Waals surface area contributed by atoms with Crippen LogP contribution in [0.1, 0.15) is 76.8 Å². The first-order valence-electron chi connectivity index (χ1n) is 15.9. The minimum Gasteiger partial charge on any atom is -0.495 e. The molecule has 1 aliphatic rings. The van der Waals surface area contributed by atoms with Crippen molar-refractivity contribution in [2.45, 2.75) is 89.2 Å². The number of nitrogens with zero attached hydrogens (tertiary/aromatic N) is 3. The van der Waals surface area contributed by atoms with E-state index in [1.54, 1.807) is 45.2 Å². The van der Waals surface area contributed by atoms with E-state index in [2.05, 4.69) is 51.5 Å². The SMILES string of the molecule is CCCCCCC1CCN(CCc2cc(OC)c(Nc3ncc(Cl)c(Nc4ccccc4S(=O)(=O)C(C)C)n3)cc2C)CC1. The van der Waals surface area contributed by atoms with Crippen LogP contribution >= 0.6 is 11.6 Å². The molecule has 0 aliphatic carbocycles. The van der Waals surface area contributed by atoms with Crippen LogP contribution in [0.15, 0.2) is 47.5 Å². The number of anilines is 4. The predicted molar refractivity (Wildman–Crippen MR) is 182 cm³/mol.